The van der Waals surface area contributed by atoms with Gasteiger partial charge in [0.2, 0.25) is 15.9 Å². The molecule has 0 bridgehead atoms. The molecule has 1 N–H and O–H groups in total. The zero-order valence-corrected chi connectivity index (χ0v) is 14.6. The summed E-state index contributed by atoms with van der Waals surface area (Å²) in [5.74, 6) is 0.999. The van der Waals surface area contributed by atoms with E-state index >= 15 is 0 Å². The second kappa shape index (κ2) is 9.36. The second-order valence-corrected chi connectivity index (χ2v) is 6.95. The Hall–Kier alpha value is -1.80. The van der Waals surface area contributed by atoms with E-state index in [2.05, 4.69) is 5.32 Å². The summed E-state index contributed by atoms with van der Waals surface area (Å²) in [6.07, 6.45) is 1.87. The third-order valence-electron chi connectivity index (χ3n) is 3.03. The Labute approximate surface area is 137 Å². The first-order valence-corrected chi connectivity index (χ1v) is 9.20. The summed E-state index contributed by atoms with van der Waals surface area (Å²) in [7, 11) is -1.90. The van der Waals surface area contributed by atoms with Gasteiger partial charge in [-0.2, -0.15) is 4.31 Å². The molecule has 0 heterocycles. The molecule has 0 aliphatic rings. The van der Waals surface area contributed by atoms with E-state index in [-0.39, 0.29) is 25.6 Å². The van der Waals surface area contributed by atoms with Crippen molar-refractivity contribution in [2.24, 2.45) is 0 Å². The molecule has 0 aliphatic carbocycles. The van der Waals surface area contributed by atoms with Crippen LogP contribution >= 0.6 is 0 Å². The highest BCUT2D eigenvalue weighted by molar-refractivity contribution is 7.88. The molecular weight excluding hydrogens is 320 g/mol. The number of carbonyl (C=O) groups excluding carboxylic acids is 1. The fourth-order valence-electron chi connectivity index (χ4n) is 1.78. The Morgan fingerprint density at radius 2 is 1.83 bits per heavy atom. The van der Waals surface area contributed by atoms with Crippen LogP contribution in [0, 0.1) is 0 Å². The van der Waals surface area contributed by atoms with Gasteiger partial charge >= 0.3 is 0 Å². The van der Waals surface area contributed by atoms with Crippen molar-refractivity contribution in [3.8, 4) is 11.5 Å². The molecule has 23 heavy (non-hydrogen) atoms. The Balaban J connectivity index is 2.52. The molecule has 0 spiro atoms. The number of hydrogen-bond donors (Lipinski definition) is 1. The van der Waals surface area contributed by atoms with Crippen LogP contribution in [0.4, 0.5) is 0 Å². The first-order valence-electron chi connectivity index (χ1n) is 7.35. The molecule has 0 fully saturated rings. The summed E-state index contributed by atoms with van der Waals surface area (Å²) in [6, 6.07) is 6.97. The van der Waals surface area contributed by atoms with Gasteiger partial charge in [-0.3, -0.25) is 4.79 Å². The molecule has 0 radical (unpaired) electrons. The number of benzene rings is 1. The maximum Gasteiger partial charge on any atom is 0.235 e. The Morgan fingerprint density at radius 1 is 1.22 bits per heavy atom. The lowest BCUT2D eigenvalue weighted by Gasteiger charge is -2.19. The molecule has 1 aromatic rings. The van der Waals surface area contributed by atoms with Crippen LogP contribution in [0.3, 0.4) is 0 Å². The molecule has 0 saturated carbocycles. The van der Waals surface area contributed by atoms with Gasteiger partial charge in [-0.1, -0.05) is 6.92 Å². The number of carbonyl (C=O) groups is 1. The number of amides is 1. The van der Waals surface area contributed by atoms with Crippen molar-refractivity contribution in [1.29, 1.82) is 0 Å². The Bertz CT molecular complexity index is 586. The molecule has 7 nitrogen and oxygen atoms in total. The van der Waals surface area contributed by atoms with Gasteiger partial charge in [0, 0.05) is 13.1 Å². The molecule has 0 aliphatic heterocycles. The van der Waals surface area contributed by atoms with Crippen LogP contribution in [-0.4, -0.2) is 58.2 Å². The zero-order chi connectivity index (χ0) is 17.3. The van der Waals surface area contributed by atoms with Gasteiger partial charge in [-0.05, 0) is 30.7 Å². The van der Waals surface area contributed by atoms with Crippen LogP contribution in [0.1, 0.15) is 13.3 Å². The van der Waals surface area contributed by atoms with Gasteiger partial charge in [0.15, 0.2) is 0 Å². The van der Waals surface area contributed by atoms with Crippen LogP contribution in [0.15, 0.2) is 24.3 Å². The quantitative estimate of drug-likeness (QED) is 0.680. The van der Waals surface area contributed by atoms with Crippen molar-refractivity contribution in [2.45, 2.75) is 13.3 Å². The van der Waals surface area contributed by atoms with Gasteiger partial charge in [0.25, 0.3) is 0 Å². The van der Waals surface area contributed by atoms with E-state index in [1.54, 1.807) is 31.4 Å². The first kappa shape index (κ1) is 19.2. The van der Waals surface area contributed by atoms with Crippen LogP contribution in [-0.2, 0) is 14.8 Å². The van der Waals surface area contributed by atoms with E-state index in [0.29, 0.717) is 18.0 Å². The smallest absolute Gasteiger partial charge is 0.235 e. The Morgan fingerprint density at radius 3 is 2.35 bits per heavy atom. The van der Waals surface area contributed by atoms with Gasteiger partial charge < -0.3 is 14.8 Å². The van der Waals surface area contributed by atoms with Crippen molar-refractivity contribution >= 4 is 15.9 Å². The third-order valence-corrected chi connectivity index (χ3v) is 4.28. The number of rotatable bonds is 10. The number of nitrogens with one attached hydrogen (secondary N) is 1. The average molecular weight is 344 g/mol. The molecule has 1 amide bonds. The molecule has 0 saturated heterocycles. The standard InChI is InChI=1S/C15H24N2O5S/c1-4-9-16-15(18)12-17(23(3,19)20)10-11-22-14-7-5-13(21-2)6-8-14/h5-8H,4,9-12H2,1-3H3,(H,16,18). The van der Waals surface area contributed by atoms with E-state index in [0.717, 1.165) is 17.0 Å². The molecular formula is C15H24N2O5S. The lowest BCUT2D eigenvalue weighted by molar-refractivity contribution is -0.121. The van der Waals surface area contributed by atoms with Crippen LogP contribution in [0.5, 0.6) is 11.5 Å². The molecule has 0 aromatic heterocycles. The molecule has 1 rings (SSSR count). The van der Waals surface area contributed by atoms with Gasteiger partial charge in [-0.15, -0.1) is 0 Å². The van der Waals surface area contributed by atoms with E-state index in [1.165, 1.54) is 0 Å². The highest BCUT2D eigenvalue weighted by Crippen LogP contribution is 2.16. The van der Waals surface area contributed by atoms with Crippen molar-refractivity contribution in [2.75, 3.05) is 39.6 Å². The van der Waals surface area contributed by atoms with Crippen molar-refractivity contribution in [3.05, 3.63) is 24.3 Å². The van der Waals surface area contributed by atoms with Crippen LogP contribution < -0.4 is 14.8 Å². The fraction of sp³-hybridized carbons (Fsp3) is 0.533. The highest BCUT2D eigenvalue weighted by atomic mass is 32.2. The van der Waals surface area contributed by atoms with E-state index in [9.17, 15) is 13.2 Å². The van der Waals surface area contributed by atoms with Crippen LogP contribution in [0.25, 0.3) is 0 Å². The van der Waals surface area contributed by atoms with Gasteiger partial charge in [0.05, 0.1) is 19.9 Å². The minimum Gasteiger partial charge on any atom is -0.497 e. The number of nitrogens with zero attached hydrogens (tertiary/aromatic N) is 1. The van der Waals surface area contributed by atoms with Gasteiger partial charge in [-0.25, -0.2) is 8.42 Å². The summed E-state index contributed by atoms with van der Waals surface area (Å²) < 4.78 is 35.1. The number of ether oxygens (including phenoxy) is 2. The molecule has 0 atom stereocenters. The highest BCUT2D eigenvalue weighted by Gasteiger charge is 2.19. The Kier molecular flexibility index (Phi) is 7.84. The first-order chi connectivity index (χ1) is 10.9. The van der Waals surface area contributed by atoms with E-state index in [4.69, 9.17) is 9.47 Å². The topological polar surface area (TPSA) is 84.9 Å². The zero-order valence-electron chi connectivity index (χ0n) is 13.7. The monoisotopic (exact) mass is 344 g/mol. The maximum absolute atomic E-state index is 11.7. The van der Waals surface area contributed by atoms with Crippen molar-refractivity contribution in [1.82, 2.24) is 9.62 Å². The summed E-state index contributed by atoms with van der Waals surface area (Å²) in [5, 5.41) is 2.66. The van der Waals surface area contributed by atoms with E-state index in [1.807, 2.05) is 6.92 Å². The van der Waals surface area contributed by atoms with E-state index < -0.39 is 10.0 Å². The average Bonchev–Trinajstić information content (AvgIpc) is 2.51. The molecule has 0 unspecified atom stereocenters. The summed E-state index contributed by atoms with van der Waals surface area (Å²) in [4.78, 5) is 11.7. The van der Waals surface area contributed by atoms with Crippen molar-refractivity contribution in [3.63, 3.8) is 0 Å². The number of hydrogen-bond acceptors (Lipinski definition) is 5. The second-order valence-electron chi connectivity index (χ2n) is 4.97. The number of methoxy groups -OCH3 is 1. The lowest BCUT2D eigenvalue weighted by atomic mass is 10.3. The third kappa shape index (κ3) is 7.34. The molecule has 1 aromatic carbocycles. The van der Waals surface area contributed by atoms with Gasteiger partial charge in [0.1, 0.15) is 18.1 Å². The SMILES string of the molecule is CCCNC(=O)CN(CCOc1ccc(OC)cc1)S(C)(=O)=O. The number of sulfonamides is 1. The minimum absolute atomic E-state index is 0.102. The van der Waals surface area contributed by atoms with Crippen molar-refractivity contribution < 1.29 is 22.7 Å². The minimum atomic E-state index is -3.48. The predicted octanol–water partition coefficient (Wildman–Crippen LogP) is 0.862. The summed E-state index contributed by atoms with van der Waals surface area (Å²) in [6.45, 7) is 2.51. The summed E-state index contributed by atoms with van der Waals surface area (Å²) >= 11 is 0. The van der Waals surface area contributed by atoms with Crippen LogP contribution in [0.2, 0.25) is 0 Å². The normalized spacial score (nSPS) is 11.3. The maximum atomic E-state index is 11.7. The largest absolute Gasteiger partial charge is 0.497 e. The lowest BCUT2D eigenvalue weighted by Crippen LogP contribution is -2.42. The summed E-state index contributed by atoms with van der Waals surface area (Å²) in [5.41, 5.74) is 0. The molecule has 130 valence electrons. The predicted molar refractivity (Wildman–Crippen MR) is 88.2 cm³/mol. The molecule has 8 heteroatoms. The fourth-order valence-corrected chi connectivity index (χ4v) is 2.54.